The van der Waals surface area contributed by atoms with Gasteiger partial charge in [0.2, 0.25) is 21.8 Å². The molecule has 1 N–H and O–H groups in total. The Hall–Kier alpha value is -1.95. The molecule has 0 spiro atoms. The van der Waals surface area contributed by atoms with Crippen molar-refractivity contribution in [3.63, 3.8) is 0 Å². The van der Waals surface area contributed by atoms with Gasteiger partial charge in [-0.1, -0.05) is 11.6 Å². The number of thiophene rings is 1. The highest BCUT2D eigenvalue weighted by molar-refractivity contribution is 7.92. The fourth-order valence-electron chi connectivity index (χ4n) is 3.72. The number of likely N-dealkylation sites (tertiary alicyclic amines) is 2. The summed E-state index contributed by atoms with van der Waals surface area (Å²) >= 11 is 7.07. The number of sulfonamides is 1. The molecule has 2 saturated heterocycles. The van der Waals surface area contributed by atoms with E-state index in [1.165, 1.54) is 34.3 Å². The molecular formula is C19H24ClN3O6S2. The van der Waals surface area contributed by atoms with Crippen LogP contribution in [0.4, 0.5) is 0 Å². The number of halogens is 1. The van der Waals surface area contributed by atoms with E-state index in [1.54, 1.807) is 12.1 Å². The number of amides is 2. The molecule has 0 bridgehead atoms. The van der Waals surface area contributed by atoms with Crippen molar-refractivity contribution in [2.45, 2.75) is 37.8 Å². The van der Waals surface area contributed by atoms with Crippen LogP contribution in [0.15, 0.2) is 17.5 Å². The molecule has 12 heteroatoms. The molecule has 2 fully saturated rings. The number of carbonyl (C=O) groups is 3. The molecule has 3 rings (SSSR count). The molecule has 2 atom stereocenters. The highest BCUT2D eigenvalue weighted by Crippen LogP contribution is 2.23. The van der Waals surface area contributed by atoms with Crippen LogP contribution in [-0.4, -0.2) is 74.8 Å². The molecule has 3 heterocycles. The molecule has 9 nitrogen and oxygen atoms in total. The summed E-state index contributed by atoms with van der Waals surface area (Å²) in [5.41, 5.74) is 0. The monoisotopic (exact) mass is 489 g/mol. The number of ether oxygens (including phenoxy) is 1. The predicted octanol–water partition coefficient (Wildman–Crippen LogP) is 1.45. The van der Waals surface area contributed by atoms with Crippen molar-refractivity contribution in [2.24, 2.45) is 0 Å². The van der Waals surface area contributed by atoms with Crippen molar-refractivity contribution >= 4 is 56.8 Å². The van der Waals surface area contributed by atoms with E-state index in [0.717, 1.165) is 5.41 Å². The lowest BCUT2D eigenvalue weighted by Gasteiger charge is -2.33. The van der Waals surface area contributed by atoms with Gasteiger partial charge in [-0.2, -0.15) is 4.72 Å². The van der Waals surface area contributed by atoms with E-state index in [0.29, 0.717) is 48.0 Å². The number of nitrogens with zero attached hydrogens (tertiary/aromatic N) is 2. The highest BCUT2D eigenvalue weighted by atomic mass is 35.5. The van der Waals surface area contributed by atoms with Crippen LogP contribution in [0.2, 0.25) is 4.34 Å². The van der Waals surface area contributed by atoms with Crippen LogP contribution in [0.5, 0.6) is 0 Å². The molecule has 0 radical (unpaired) electrons. The van der Waals surface area contributed by atoms with E-state index in [9.17, 15) is 22.8 Å². The molecule has 0 saturated carbocycles. The average molecular weight is 490 g/mol. The zero-order chi connectivity index (χ0) is 22.6. The lowest BCUT2D eigenvalue weighted by molar-refractivity contribution is -0.152. The first-order valence-electron chi connectivity index (χ1n) is 9.82. The van der Waals surface area contributed by atoms with Crippen LogP contribution in [0, 0.1) is 0 Å². The van der Waals surface area contributed by atoms with Crippen molar-refractivity contribution in [2.75, 3.05) is 26.7 Å². The van der Waals surface area contributed by atoms with E-state index >= 15 is 0 Å². The molecule has 2 aliphatic rings. The minimum Gasteiger partial charge on any atom is -0.467 e. The molecule has 2 amide bonds. The van der Waals surface area contributed by atoms with Crippen molar-refractivity contribution in [1.82, 2.24) is 14.5 Å². The van der Waals surface area contributed by atoms with Crippen molar-refractivity contribution in [3.05, 3.63) is 26.8 Å². The molecular weight excluding hydrogens is 466 g/mol. The fraction of sp³-hybridized carbons (Fsp3) is 0.526. The number of methoxy groups -OCH3 is 1. The number of carbonyl (C=O) groups excluding carboxylic acids is 3. The van der Waals surface area contributed by atoms with Gasteiger partial charge in [-0.05, 0) is 43.9 Å². The number of esters is 1. The molecule has 2 aliphatic heterocycles. The van der Waals surface area contributed by atoms with Crippen LogP contribution >= 0.6 is 22.9 Å². The zero-order valence-electron chi connectivity index (χ0n) is 17.0. The molecule has 1 unspecified atom stereocenters. The van der Waals surface area contributed by atoms with Gasteiger partial charge in [-0.25, -0.2) is 13.2 Å². The summed E-state index contributed by atoms with van der Waals surface area (Å²) in [5, 5.41) is 0.998. The summed E-state index contributed by atoms with van der Waals surface area (Å²) < 4.78 is 32.5. The molecule has 1 aromatic heterocycles. The number of hydrogen-bond acceptors (Lipinski definition) is 7. The maximum Gasteiger partial charge on any atom is 0.328 e. The second-order valence-corrected chi connectivity index (χ2v) is 10.7. The predicted molar refractivity (Wildman–Crippen MR) is 117 cm³/mol. The minimum atomic E-state index is -3.87. The van der Waals surface area contributed by atoms with Crippen LogP contribution in [0.3, 0.4) is 0 Å². The molecule has 1 aromatic rings. The first kappa shape index (κ1) is 23.7. The number of rotatable bonds is 7. The minimum absolute atomic E-state index is 0.200. The smallest absolute Gasteiger partial charge is 0.328 e. The zero-order valence-corrected chi connectivity index (χ0v) is 19.3. The topological polar surface area (TPSA) is 113 Å². The Bertz CT molecular complexity index is 977. The van der Waals surface area contributed by atoms with Gasteiger partial charge >= 0.3 is 5.97 Å². The summed E-state index contributed by atoms with van der Waals surface area (Å²) in [4.78, 5) is 40.8. The third kappa shape index (κ3) is 6.06. The summed E-state index contributed by atoms with van der Waals surface area (Å²) in [6.45, 7) is 0.575. The van der Waals surface area contributed by atoms with Crippen LogP contribution < -0.4 is 4.72 Å². The first-order valence-corrected chi connectivity index (χ1v) is 12.6. The largest absolute Gasteiger partial charge is 0.467 e. The number of piperidine rings is 1. The Morgan fingerprint density at radius 2 is 2.03 bits per heavy atom. The van der Waals surface area contributed by atoms with Gasteiger partial charge in [-0.3, -0.25) is 9.59 Å². The summed E-state index contributed by atoms with van der Waals surface area (Å²) in [5.74, 6) is -1.27. The summed E-state index contributed by atoms with van der Waals surface area (Å²) in [7, 11) is -2.59. The Morgan fingerprint density at radius 3 is 2.71 bits per heavy atom. The lowest BCUT2D eigenvalue weighted by atomic mass is 10.1. The maximum atomic E-state index is 12.8. The van der Waals surface area contributed by atoms with Crippen LogP contribution in [-0.2, 0) is 29.1 Å². The Balaban J connectivity index is 1.61. The standard InChI is InChI=1S/C19H24ClN3O6S2/c1-29-19(26)15-5-3-10-23(15)17(24)12-22-9-2-4-14(18(22)25)21-31(27,28)11-8-13-6-7-16(20)30-13/h6-8,11,14-15,21H,2-5,9-10,12H2,1H3/t14-,15?/m0/s1. The van der Waals surface area contributed by atoms with E-state index in [4.69, 9.17) is 16.3 Å². The van der Waals surface area contributed by atoms with Crippen molar-refractivity contribution in [1.29, 1.82) is 0 Å². The van der Waals surface area contributed by atoms with Gasteiger partial charge in [0, 0.05) is 23.4 Å². The Kier molecular flexibility index (Phi) is 7.73. The van der Waals surface area contributed by atoms with Gasteiger partial charge in [0.15, 0.2) is 0 Å². The fourth-order valence-corrected chi connectivity index (χ4v) is 5.79. The van der Waals surface area contributed by atoms with Crippen molar-refractivity contribution < 1.29 is 27.5 Å². The van der Waals surface area contributed by atoms with E-state index in [1.807, 2.05) is 0 Å². The van der Waals surface area contributed by atoms with Gasteiger partial charge in [0.05, 0.1) is 18.0 Å². The highest BCUT2D eigenvalue weighted by Gasteiger charge is 2.38. The SMILES string of the molecule is COC(=O)C1CCCN1C(=O)CN1CCC[C@H](NS(=O)(=O)C=Cc2ccc(Cl)s2)C1=O. The van der Waals surface area contributed by atoms with Crippen LogP contribution in [0.25, 0.3) is 6.08 Å². The third-order valence-electron chi connectivity index (χ3n) is 5.22. The molecule has 0 aliphatic carbocycles. The molecule has 170 valence electrons. The summed E-state index contributed by atoms with van der Waals surface area (Å²) in [6.07, 6.45) is 3.51. The van der Waals surface area contributed by atoms with E-state index in [2.05, 4.69) is 4.72 Å². The average Bonchev–Trinajstić information content (AvgIpc) is 3.38. The molecule has 31 heavy (non-hydrogen) atoms. The van der Waals surface area contributed by atoms with Gasteiger partial charge in [0.25, 0.3) is 0 Å². The van der Waals surface area contributed by atoms with Crippen molar-refractivity contribution in [3.8, 4) is 0 Å². The molecule has 0 aromatic carbocycles. The van der Waals surface area contributed by atoms with Crippen LogP contribution in [0.1, 0.15) is 30.6 Å². The van der Waals surface area contributed by atoms with E-state index < -0.39 is 34.0 Å². The summed E-state index contributed by atoms with van der Waals surface area (Å²) in [6, 6.07) is 1.77. The first-order chi connectivity index (χ1) is 14.7. The maximum absolute atomic E-state index is 12.8. The normalized spacial score (nSPS) is 22.3. The third-order valence-corrected chi connectivity index (χ3v) is 7.52. The van der Waals surface area contributed by atoms with Gasteiger partial charge < -0.3 is 14.5 Å². The second kappa shape index (κ2) is 10.1. The Labute approximate surface area is 190 Å². The van der Waals surface area contributed by atoms with Gasteiger partial charge in [0.1, 0.15) is 12.1 Å². The van der Waals surface area contributed by atoms with Gasteiger partial charge in [-0.15, -0.1) is 11.3 Å². The second-order valence-electron chi connectivity index (χ2n) is 7.33. The number of nitrogens with one attached hydrogen (secondary N) is 1. The lowest BCUT2D eigenvalue weighted by Crippen LogP contribution is -2.55. The Morgan fingerprint density at radius 1 is 1.29 bits per heavy atom. The van der Waals surface area contributed by atoms with E-state index in [-0.39, 0.29) is 12.5 Å². The quantitative estimate of drug-likeness (QED) is 0.580. The number of hydrogen-bond donors (Lipinski definition) is 1.